The zero-order chi connectivity index (χ0) is 51.8. The Morgan fingerprint density at radius 1 is 0.254 bits per heavy atom. The molecule has 8 nitrogen and oxygen atoms in total. The van der Waals surface area contributed by atoms with E-state index in [-0.39, 0.29) is 62.8 Å². The largest absolute Gasteiger partial charge is 2.00 e. The van der Waals surface area contributed by atoms with Crippen LogP contribution in [0.1, 0.15) is 362 Å². The van der Waals surface area contributed by atoms with E-state index in [9.17, 15) is 25.9 Å². The third kappa shape index (κ3) is 71.0. The van der Waals surface area contributed by atoms with Gasteiger partial charge in [0.25, 0.3) is 0 Å². The Bertz CT molecular complexity index is 1110. The second kappa shape index (κ2) is 61.8. The Morgan fingerprint density at radius 2 is 0.380 bits per heavy atom. The van der Waals surface area contributed by atoms with Gasteiger partial charge in [0, 0.05) is 0 Å². The van der Waals surface area contributed by atoms with Crippen LogP contribution in [0, 0.1) is 11.8 Å². The van der Waals surface area contributed by atoms with E-state index in [1.807, 2.05) is 0 Å². The Balaban J connectivity index is -0.00000128. The van der Waals surface area contributed by atoms with Gasteiger partial charge in [-0.3, -0.25) is 8.37 Å². The number of hydrogen-bond donors (Lipinski definition) is 0. The predicted octanol–water partition coefficient (Wildman–Crippen LogP) is 20.1. The van der Waals surface area contributed by atoms with Crippen LogP contribution in [0.25, 0.3) is 0 Å². The maximum absolute atomic E-state index is 10.9. The van der Waals surface area contributed by atoms with Crippen LogP contribution in [0.2, 0.25) is 0 Å². The molecular formula is C60H122CaO8S2. The molecule has 71 heavy (non-hydrogen) atoms. The molecule has 0 aromatic heterocycles. The minimum absolute atomic E-state index is 0. The third-order valence-electron chi connectivity index (χ3n) is 14.8. The Morgan fingerprint density at radius 3 is 0.507 bits per heavy atom. The van der Waals surface area contributed by atoms with Gasteiger partial charge in [-0.05, 0) is 37.5 Å². The minimum atomic E-state index is -4.58. The van der Waals surface area contributed by atoms with Gasteiger partial charge in [-0.1, -0.05) is 336 Å². The van der Waals surface area contributed by atoms with Gasteiger partial charge in [0.15, 0.2) is 0 Å². The van der Waals surface area contributed by atoms with Crippen molar-refractivity contribution in [3.05, 3.63) is 0 Å². The summed E-state index contributed by atoms with van der Waals surface area (Å²) in [4.78, 5) is 0. The molecule has 0 saturated carbocycles. The molecule has 0 aromatic rings. The van der Waals surface area contributed by atoms with Crippen LogP contribution in [0.4, 0.5) is 0 Å². The standard InChI is InChI=1S/2C30H62O4S.Ca/c2*1-3-5-7-9-11-13-15-16-17-18-20-22-24-26-28-30(29-34-35(31,32)33)27-25-23-21-19-14-12-10-8-6-4-2;/h2*30H,3-29H2,1-2H3,(H,31,32,33);/q;;+2/p-2. The van der Waals surface area contributed by atoms with Crippen LogP contribution in [0.3, 0.4) is 0 Å². The van der Waals surface area contributed by atoms with Gasteiger partial charge in [0.05, 0.1) is 13.2 Å². The average Bonchev–Trinajstić information content (AvgIpc) is 3.32. The van der Waals surface area contributed by atoms with Crippen molar-refractivity contribution < 1.29 is 34.3 Å². The monoisotopic (exact) mass is 1070 g/mol. The molecule has 0 radical (unpaired) electrons. The van der Waals surface area contributed by atoms with Crippen LogP contribution in [-0.2, 0) is 29.2 Å². The second-order valence-corrected chi connectivity index (χ2v) is 23.9. The molecule has 0 bridgehead atoms. The maximum atomic E-state index is 10.9. The van der Waals surface area contributed by atoms with Crippen molar-refractivity contribution in [3.63, 3.8) is 0 Å². The summed E-state index contributed by atoms with van der Waals surface area (Å²) in [5.41, 5.74) is 0. The van der Waals surface area contributed by atoms with Crippen molar-refractivity contribution in [1.82, 2.24) is 0 Å². The molecule has 0 aliphatic heterocycles. The fourth-order valence-electron chi connectivity index (χ4n) is 10.1. The van der Waals surface area contributed by atoms with Crippen molar-refractivity contribution in [2.45, 2.75) is 362 Å². The van der Waals surface area contributed by atoms with Crippen LogP contribution in [-0.4, -0.2) is 76.9 Å². The third-order valence-corrected chi connectivity index (χ3v) is 15.6. The Kier molecular flexibility index (Phi) is 66.4. The summed E-state index contributed by atoms with van der Waals surface area (Å²) in [6.45, 7) is 9.19. The van der Waals surface area contributed by atoms with E-state index >= 15 is 0 Å². The fourth-order valence-corrected chi connectivity index (χ4v) is 10.8. The van der Waals surface area contributed by atoms with Gasteiger partial charge in [-0.15, -0.1) is 0 Å². The van der Waals surface area contributed by atoms with Crippen LogP contribution < -0.4 is 0 Å². The second-order valence-electron chi connectivity index (χ2n) is 21.8. The molecule has 0 aromatic carbocycles. The molecule has 11 heteroatoms. The molecule has 0 fully saturated rings. The van der Waals surface area contributed by atoms with Crippen molar-refractivity contribution in [2.75, 3.05) is 13.2 Å². The SMILES string of the molecule is CCCCCCCCCCCCCCCCC(CCCCCCCCCCCC)COS(=O)(=O)[O-].CCCCCCCCCCCCCCCCC(CCCCCCCCCCCC)COS(=O)(=O)[O-].[Ca+2]. The zero-order valence-electron chi connectivity index (χ0n) is 48.1. The molecule has 0 aliphatic rings. The van der Waals surface area contributed by atoms with E-state index in [4.69, 9.17) is 0 Å². The topological polar surface area (TPSA) is 133 Å². The number of unbranched alkanes of at least 4 members (excludes halogenated alkanes) is 44. The van der Waals surface area contributed by atoms with E-state index in [0.29, 0.717) is 0 Å². The molecule has 0 heterocycles. The molecule has 0 spiro atoms. The summed E-state index contributed by atoms with van der Waals surface area (Å²) < 4.78 is 74.7. The van der Waals surface area contributed by atoms with E-state index < -0.39 is 20.8 Å². The van der Waals surface area contributed by atoms with Crippen molar-refractivity contribution in [3.8, 4) is 0 Å². The van der Waals surface area contributed by atoms with Gasteiger partial charge >= 0.3 is 37.7 Å². The molecular weight excluding hydrogens is 953 g/mol. The first-order valence-electron chi connectivity index (χ1n) is 31.2. The summed E-state index contributed by atoms with van der Waals surface area (Å²) >= 11 is 0. The van der Waals surface area contributed by atoms with Gasteiger partial charge in [0.2, 0.25) is 20.8 Å². The minimum Gasteiger partial charge on any atom is -0.726 e. The molecule has 2 unspecified atom stereocenters. The Labute approximate surface area is 475 Å². The molecule has 0 aliphatic carbocycles. The summed E-state index contributed by atoms with van der Waals surface area (Å²) in [7, 11) is -9.16. The van der Waals surface area contributed by atoms with Crippen molar-refractivity contribution >= 4 is 58.5 Å². The van der Waals surface area contributed by atoms with Crippen molar-refractivity contribution in [1.29, 1.82) is 0 Å². The number of rotatable bonds is 58. The Hall–Kier alpha value is 1.000. The molecule has 2 atom stereocenters. The smallest absolute Gasteiger partial charge is 0.726 e. The molecule has 0 rings (SSSR count). The molecule has 0 amide bonds. The van der Waals surface area contributed by atoms with Gasteiger partial charge < -0.3 is 9.11 Å². The average molecular weight is 1080 g/mol. The van der Waals surface area contributed by atoms with Gasteiger partial charge in [-0.2, -0.15) is 0 Å². The molecule has 0 N–H and O–H groups in total. The summed E-state index contributed by atoms with van der Waals surface area (Å²) in [5, 5.41) is 0. The van der Waals surface area contributed by atoms with E-state index in [2.05, 4.69) is 36.1 Å². The van der Waals surface area contributed by atoms with Crippen molar-refractivity contribution in [2.24, 2.45) is 11.8 Å². The van der Waals surface area contributed by atoms with Crippen LogP contribution in [0.5, 0.6) is 0 Å². The first-order valence-corrected chi connectivity index (χ1v) is 33.9. The van der Waals surface area contributed by atoms with Crippen LogP contribution >= 0.6 is 0 Å². The van der Waals surface area contributed by atoms with Crippen LogP contribution in [0.15, 0.2) is 0 Å². The number of hydrogen-bond acceptors (Lipinski definition) is 8. The quantitative estimate of drug-likeness (QED) is 0.0254. The van der Waals surface area contributed by atoms with E-state index in [1.54, 1.807) is 0 Å². The predicted molar refractivity (Wildman–Crippen MR) is 307 cm³/mol. The first kappa shape index (κ1) is 76.2. The molecule has 0 saturated heterocycles. The zero-order valence-corrected chi connectivity index (χ0v) is 52.0. The summed E-state index contributed by atoms with van der Waals surface area (Å²) in [6, 6.07) is 0. The maximum Gasteiger partial charge on any atom is 2.00 e. The summed E-state index contributed by atoms with van der Waals surface area (Å²) in [6.07, 6.45) is 67.4. The normalized spacial score (nSPS) is 12.7. The first-order chi connectivity index (χ1) is 34.0. The van der Waals surface area contributed by atoms with E-state index in [0.717, 1.165) is 51.4 Å². The fraction of sp³-hybridized carbons (Fsp3) is 1.00. The van der Waals surface area contributed by atoms with E-state index in [1.165, 1.54) is 283 Å². The van der Waals surface area contributed by atoms with Gasteiger partial charge in [-0.25, -0.2) is 16.8 Å². The van der Waals surface area contributed by atoms with Gasteiger partial charge in [0.1, 0.15) is 0 Å². The summed E-state index contributed by atoms with van der Waals surface area (Å²) in [5.74, 6) is 0.398. The molecule has 424 valence electrons.